The highest BCUT2D eigenvalue weighted by Crippen LogP contribution is 2.48. The molecule has 3 rings (SSSR count). The van der Waals surface area contributed by atoms with Crippen LogP contribution in [0.2, 0.25) is 0 Å². The van der Waals surface area contributed by atoms with E-state index in [4.69, 9.17) is 9.47 Å². The average molecular weight is 364 g/mol. The molecule has 0 saturated carbocycles. The van der Waals surface area contributed by atoms with Crippen molar-refractivity contribution in [3.63, 3.8) is 0 Å². The van der Waals surface area contributed by atoms with Gasteiger partial charge in [0.1, 0.15) is 0 Å². The van der Waals surface area contributed by atoms with Crippen molar-refractivity contribution >= 4 is 5.97 Å². The molecule has 0 N–H and O–H groups in total. The van der Waals surface area contributed by atoms with Crippen LogP contribution in [-0.2, 0) is 14.3 Å². The molecule has 1 saturated heterocycles. The van der Waals surface area contributed by atoms with E-state index in [1.165, 1.54) is 5.56 Å². The molecule has 1 fully saturated rings. The van der Waals surface area contributed by atoms with Crippen molar-refractivity contribution in [2.24, 2.45) is 11.8 Å². The van der Waals surface area contributed by atoms with Gasteiger partial charge in [0.15, 0.2) is 0 Å². The van der Waals surface area contributed by atoms with Gasteiger partial charge in [0, 0.05) is 5.92 Å². The zero-order valence-corrected chi connectivity index (χ0v) is 16.4. The van der Waals surface area contributed by atoms with Gasteiger partial charge in [0.2, 0.25) is 0 Å². The minimum absolute atomic E-state index is 0.0714. The van der Waals surface area contributed by atoms with E-state index in [1.807, 2.05) is 44.2 Å². The summed E-state index contributed by atoms with van der Waals surface area (Å²) in [6.07, 6.45) is 0.220. The Morgan fingerprint density at radius 2 is 1.63 bits per heavy atom. The van der Waals surface area contributed by atoms with E-state index in [0.29, 0.717) is 13.0 Å². The van der Waals surface area contributed by atoms with E-state index < -0.39 is 0 Å². The van der Waals surface area contributed by atoms with Crippen LogP contribution in [0.25, 0.3) is 0 Å². The Kier molecular flexibility index (Phi) is 6.12. The molecule has 0 aromatic heterocycles. The van der Waals surface area contributed by atoms with Gasteiger partial charge in [0.05, 0.1) is 24.7 Å². The van der Waals surface area contributed by atoms with Crippen molar-refractivity contribution in [2.75, 3.05) is 6.61 Å². The highest BCUT2D eigenvalue weighted by atomic mass is 16.5. The minimum Gasteiger partial charge on any atom is -0.466 e. The lowest BCUT2D eigenvalue weighted by Gasteiger charge is -2.41. The molecule has 3 nitrogen and oxygen atoms in total. The first kappa shape index (κ1) is 19.4. The van der Waals surface area contributed by atoms with Gasteiger partial charge in [-0.15, -0.1) is 0 Å². The lowest BCUT2D eigenvalue weighted by Crippen LogP contribution is -2.37. The molecule has 2 aromatic rings. The molecule has 2 aromatic carbocycles. The Morgan fingerprint density at radius 3 is 2.22 bits per heavy atom. The van der Waals surface area contributed by atoms with E-state index in [1.54, 1.807) is 0 Å². The third-order valence-electron chi connectivity index (χ3n) is 5.29. The third kappa shape index (κ3) is 4.30. The molecule has 0 unspecified atom stereocenters. The molecule has 0 spiro atoms. The SMILES string of the molecule is C=C(C)[C@@H]1C[C@H](C(=O)OCC)[C@@H](c2ccccc2)O[C@H]1c1ccc(C)cc1. The first-order chi connectivity index (χ1) is 13.0. The molecule has 4 atom stereocenters. The molecule has 0 bridgehead atoms. The average Bonchev–Trinajstić information content (AvgIpc) is 2.68. The summed E-state index contributed by atoms with van der Waals surface area (Å²) in [7, 11) is 0. The van der Waals surface area contributed by atoms with Crippen LogP contribution in [0.1, 0.15) is 49.2 Å². The van der Waals surface area contributed by atoms with Crippen LogP contribution in [-0.4, -0.2) is 12.6 Å². The molecule has 1 heterocycles. The summed E-state index contributed by atoms with van der Waals surface area (Å²) in [6.45, 7) is 10.5. The van der Waals surface area contributed by atoms with Crippen LogP contribution in [0.4, 0.5) is 0 Å². The minimum atomic E-state index is -0.337. The lowest BCUT2D eigenvalue weighted by atomic mass is 9.76. The fourth-order valence-electron chi connectivity index (χ4n) is 3.82. The van der Waals surface area contributed by atoms with Crippen LogP contribution in [0.3, 0.4) is 0 Å². The van der Waals surface area contributed by atoms with Gasteiger partial charge >= 0.3 is 5.97 Å². The molecule has 0 radical (unpaired) electrons. The largest absolute Gasteiger partial charge is 0.466 e. The van der Waals surface area contributed by atoms with Gasteiger partial charge in [-0.3, -0.25) is 4.79 Å². The lowest BCUT2D eigenvalue weighted by molar-refractivity contribution is -0.169. The summed E-state index contributed by atoms with van der Waals surface area (Å²) in [6, 6.07) is 18.4. The number of ether oxygens (including phenoxy) is 2. The molecule has 3 heteroatoms. The first-order valence-electron chi connectivity index (χ1n) is 9.60. The smallest absolute Gasteiger partial charge is 0.311 e. The van der Waals surface area contributed by atoms with E-state index in [9.17, 15) is 4.79 Å². The number of carbonyl (C=O) groups excluding carboxylic acids is 1. The summed E-state index contributed by atoms with van der Waals surface area (Å²) in [5, 5.41) is 0. The normalized spacial score (nSPS) is 25.0. The summed E-state index contributed by atoms with van der Waals surface area (Å²) in [4.78, 5) is 12.7. The number of hydrogen-bond donors (Lipinski definition) is 0. The maximum absolute atomic E-state index is 12.7. The molecule has 1 aliphatic heterocycles. The molecular formula is C24H28O3. The van der Waals surface area contributed by atoms with Gasteiger partial charge < -0.3 is 9.47 Å². The molecule has 0 aliphatic carbocycles. The van der Waals surface area contributed by atoms with Gasteiger partial charge in [0.25, 0.3) is 0 Å². The Hall–Kier alpha value is -2.39. The van der Waals surface area contributed by atoms with Crippen molar-refractivity contribution in [3.8, 4) is 0 Å². The van der Waals surface area contributed by atoms with E-state index in [2.05, 4.69) is 37.8 Å². The Labute approximate surface area is 162 Å². The molecule has 1 aliphatic rings. The van der Waals surface area contributed by atoms with Crippen LogP contribution >= 0.6 is 0 Å². The number of hydrogen-bond acceptors (Lipinski definition) is 3. The summed E-state index contributed by atoms with van der Waals surface area (Å²) in [5.41, 5.74) is 4.37. The van der Waals surface area contributed by atoms with Gasteiger partial charge in [-0.25, -0.2) is 0 Å². The zero-order chi connectivity index (χ0) is 19.4. The van der Waals surface area contributed by atoms with Crippen molar-refractivity contribution in [2.45, 2.75) is 39.4 Å². The molecule has 0 amide bonds. The van der Waals surface area contributed by atoms with Gasteiger partial charge in [-0.2, -0.15) is 0 Å². The van der Waals surface area contributed by atoms with E-state index >= 15 is 0 Å². The number of aryl methyl sites for hydroxylation is 1. The predicted octanol–water partition coefficient (Wildman–Crippen LogP) is 5.57. The maximum atomic E-state index is 12.7. The highest BCUT2D eigenvalue weighted by Gasteiger charge is 2.43. The number of rotatable bonds is 5. The van der Waals surface area contributed by atoms with Crippen LogP contribution in [0, 0.1) is 18.8 Å². The van der Waals surface area contributed by atoms with Crippen molar-refractivity contribution in [3.05, 3.63) is 83.4 Å². The predicted molar refractivity (Wildman–Crippen MR) is 107 cm³/mol. The summed E-state index contributed by atoms with van der Waals surface area (Å²) in [5.74, 6) is -0.460. The van der Waals surface area contributed by atoms with E-state index in [-0.39, 0.29) is 30.0 Å². The fourth-order valence-corrected chi connectivity index (χ4v) is 3.82. The van der Waals surface area contributed by atoms with E-state index in [0.717, 1.165) is 16.7 Å². The first-order valence-corrected chi connectivity index (χ1v) is 9.60. The molecule has 27 heavy (non-hydrogen) atoms. The Morgan fingerprint density at radius 1 is 1.04 bits per heavy atom. The number of benzene rings is 2. The second-order valence-corrected chi connectivity index (χ2v) is 7.35. The standard InChI is InChI=1S/C24H28O3/c1-5-26-24(25)21-15-20(16(2)3)22(19-13-11-17(4)12-14-19)27-23(21)18-9-7-6-8-10-18/h6-14,20-23H,2,5,15H2,1,3-4H3/t20-,21-,22-,23+/m0/s1. The number of carbonyl (C=O) groups is 1. The second-order valence-electron chi connectivity index (χ2n) is 7.35. The van der Waals surface area contributed by atoms with Gasteiger partial charge in [-0.1, -0.05) is 72.3 Å². The van der Waals surface area contributed by atoms with Gasteiger partial charge in [-0.05, 0) is 38.3 Å². The van der Waals surface area contributed by atoms with Crippen LogP contribution < -0.4 is 0 Å². The second kappa shape index (κ2) is 8.53. The fraction of sp³-hybridized carbons (Fsp3) is 0.375. The maximum Gasteiger partial charge on any atom is 0.311 e. The zero-order valence-electron chi connectivity index (χ0n) is 16.4. The quantitative estimate of drug-likeness (QED) is 0.514. The topological polar surface area (TPSA) is 35.5 Å². The van der Waals surface area contributed by atoms with Crippen molar-refractivity contribution < 1.29 is 14.3 Å². The highest BCUT2D eigenvalue weighted by molar-refractivity contribution is 5.73. The monoisotopic (exact) mass is 364 g/mol. The summed E-state index contributed by atoms with van der Waals surface area (Å²) < 4.78 is 12.0. The Bertz CT molecular complexity index is 779. The third-order valence-corrected chi connectivity index (χ3v) is 5.29. The summed E-state index contributed by atoms with van der Waals surface area (Å²) >= 11 is 0. The molecule has 142 valence electrons. The van der Waals surface area contributed by atoms with Crippen molar-refractivity contribution in [1.82, 2.24) is 0 Å². The number of esters is 1. The Balaban J connectivity index is 1.99. The van der Waals surface area contributed by atoms with Crippen molar-refractivity contribution in [1.29, 1.82) is 0 Å². The molecular weight excluding hydrogens is 336 g/mol. The van der Waals surface area contributed by atoms with Crippen LogP contribution in [0.5, 0.6) is 0 Å². The van der Waals surface area contributed by atoms with Crippen LogP contribution in [0.15, 0.2) is 66.7 Å².